The highest BCUT2D eigenvalue weighted by Crippen LogP contribution is 2.46. The minimum absolute atomic E-state index is 0.309. The number of allylic oxidation sites excluding steroid dienone is 2. The summed E-state index contributed by atoms with van der Waals surface area (Å²) in [5.41, 5.74) is 11.1. The van der Waals surface area contributed by atoms with Crippen LogP contribution in [0.1, 0.15) is 108 Å². The fourth-order valence-electron chi connectivity index (χ4n) is 8.33. The summed E-state index contributed by atoms with van der Waals surface area (Å²) in [6.45, 7) is 20.6. The van der Waals surface area contributed by atoms with Crippen LogP contribution in [0.15, 0.2) is 90.6 Å². The van der Waals surface area contributed by atoms with Gasteiger partial charge in [-0.3, -0.25) is 4.57 Å². The SMILES string of the molecule is CCc1cc(Oc2ccc3c4ccccc4n(-c4cc(C)ccn4)c3c2)cc(-n2nc(C(C)C)c([C@@H]3C(C)=CC(C)C[C@@H]3C)c2C(C)C)c1. The molecule has 3 heterocycles. The Balaban J connectivity index is 1.35. The summed E-state index contributed by atoms with van der Waals surface area (Å²) in [4.78, 5) is 4.76. The van der Waals surface area contributed by atoms with E-state index in [0.29, 0.717) is 29.6 Å². The highest BCUT2D eigenvalue weighted by molar-refractivity contribution is 6.09. The third-order valence-electron chi connectivity index (χ3n) is 10.4. The Labute approximate surface area is 291 Å². The fraction of sp³-hybridized carbons (Fsp3) is 0.364. The molecule has 0 amide bonds. The number of ether oxygens (including phenoxy) is 1. The van der Waals surface area contributed by atoms with E-state index in [4.69, 9.17) is 14.8 Å². The van der Waals surface area contributed by atoms with Crippen molar-refractivity contribution in [2.24, 2.45) is 11.8 Å². The number of hydrogen-bond donors (Lipinski definition) is 0. The Hall–Kier alpha value is -4.64. The number of rotatable bonds is 8. The second-order valence-electron chi connectivity index (χ2n) is 15.0. The van der Waals surface area contributed by atoms with E-state index in [-0.39, 0.29) is 0 Å². The molecule has 3 aromatic carbocycles. The average Bonchev–Trinajstić information content (AvgIpc) is 3.61. The predicted molar refractivity (Wildman–Crippen MR) is 204 cm³/mol. The van der Waals surface area contributed by atoms with Crippen LogP contribution in [0.25, 0.3) is 33.3 Å². The van der Waals surface area contributed by atoms with Crippen LogP contribution < -0.4 is 4.74 Å². The maximum Gasteiger partial charge on any atom is 0.137 e. The van der Waals surface area contributed by atoms with Gasteiger partial charge in [-0.1, -0.05) is 78.3 Å². The molecule has 0 fully saturated rings. The molecule has 0 saturated carbocycles. The van der Waals surface area contributed by atoms with Gasteiger partial charge < -0.3 is 4.74 Å². The van der Waals surface area contributed by atoms with Gasteiger partial charge in [0.2, 0.25) is 0 Å². The van der Waals surface area contributed by atoms with E-state index >= 15 is 0 Å². The number of pyridine rings is 1. The van der Waals surface area contributed by atoms with Crippen molar-refractivity contribution in [1.29, 1.82) is 0 Å². The average molecular weight is 651 g/mol. The summed E-state index contributed by atoms with van der Waals surface area (Å²) in [5, 5.41) is 7.81. The first-order valence-corrected chi connectivity index (χ1v) is 18.1. The van der Waals surface area contributed by atoms with Crippen molar-refractivity contribution in [3.8, 4) is 23.0 Å². The molecular weight excluding hydrogens is 601 g/mol. The van der Waals surface area contributed by atoms with Gasteiger partial charge in [-0.05, 0) is 104 Å². The topological polar surface area (TPSA) is 44.9 Å². The number of aryl methyl sites for hydroxylation is 2. The van der Waals surface area contributed by atoms with E-state index in [1.54, 1.807) is 0 Å². The minimum Gasteiger partial charge on any atom is -0.457 e. The molecule has 3 aromatic heterocycles. The lowest BCUT2D eigenvalue weighted by Gasteiger charge is -2.33. The van der Waals surface area contributed by atoms with E-state index in [2.05, 4.69) is 144 Å². The van der Waals surface area contributed by atoms with Gasteiger partial charge in [-0.2, -0.15) is 5.10 Å². The zero-order valence-corrected chi connectivity index (χ0v) is 30.6. The molecule has 0 aliphatic heterocycles. The minimum atomic E-state index is 0.309. The molecule has 6 aromatic rings. The molecule has 5 nitrogen and oxygen atoms in total. The van der Waals surface area contributed by atoms with Gasteiger partial charge >= 0.3 is 0 Å². The molecule has 252 valence electrons. The Bertz CT molecular complexity index is 2200. The van der Waals surface area contributed by atoms with Crippen molar-refractivity contribution >= 4 is 21.8 Å². The third kappa shape index (κ3) is 5.98. The van der Waals surface area contributed by atoms with Crippen molar-refractivity contribution in [1.82, 2.24) is 19.3 Å². The molecule has 5 heteroatoms. The van der Waals surface area contributed by atoms with Crippen LogP contribution in [-0.2, 0) is 6.42 Å². The largest absolute Gasteiger partial charge is 0.457 e. The van der Waals surface area contributed by atoms with Gasteiger partial charge in [-0.25, -0.2) is 9.67 Å². The molecule has 0 spiro atoms. The highest BCUT2D eigenvalue weighted by atomic mass is 16.5. The van der Waals surface area contributed by atoms with Crippen molar-refractivity contribution in [3.05, 3.63) is 119 Å². The maximum atomic E-state index is 6.76. The second-order valence-corrected chi connectivity index (χ2v) is 15.0. The summed E-state index contributed by atoms with van der Waals surface area (Å²) in [6.07, 6.45) is 6.48. The molecule has 0 radical (unpaired) electrons. The second kappa shape index (κ2) is 13.0. The molecule has 7 rings (SSSR count). The van der Waals surface area contributed by atoms with Crippen LogP contribution in [-0.4, -0.2) is 19.3 Å². The van der Waals surface area contributed by atoms with E-state index in [1.165, 1.54) is 50.8 Å². The summed E-state index contributed by atoms with van der Waals surface area (Å²) in [7, 11) is 0. The van der Waals surface area contributed by atoms with Crippen LogP contribution in [0, 0.1) is 18.8 Å². The van der Waals surface area contributed by atoms with Gasteiger partial charge in [-0.15, -0.1) is 0 Å². The van der Waals surface area contributed by atoms with Crippen LogP contribution in [0.5, 0.6) is 11.5 Å². The van der Waals surface area contributed by atoms with Crippen molar-refractivity contribution in [3.63, 3.8) is 0 Å². The number of hydrogen-bond acceptors (Lipinski definition) is 3. The van der Waals surface area contributed by atoms with Gasteiger partial charge in [0, 0.05) is 40.6 Å². The maximum absolute atomic E-state index is 6.76. The monoisotopic (exact) mass is 650 g/mol. The van der Waals surface area contributed by atoms with Gasteiger partial charge in [0.1, 0.15) is 17.3 Å². The van der Waals surface area contributed by atoms with E-state index in [0.717, 1.165) is 40.5 Å². The fourth-order valence-corrected chi connectivity index (χ4v) is 8.33. The zero-order chi connectivity index (χ0) is 34.6. The molecule has 1 aliphatic rings. The first kappa shape index (κ1) is 32.9. The summed E-state index contributed by atoms with van der Waals surface area (Å²) >= 11 is 0. The lowest BCUT2D eigenvalue weighted by molar-refractivity contribution is 0.388. The lowest BCUT2D eigenvalue weighted by atomic mass is 9.71. The van der Waals surface area contributed by atoms with Crippen LogP contribution in [0.3, 0.4) is 0 Å². The van der Waals surface area contributed by atoms with Crippen molar-refractivity contribution in [2.45, 2.75) is 92.9 Å². The Morgan fingerprint density at radius 2 is 1.61 bits per heavy atom. The molecule has 49 heavy (non-hydrogen) atoms. The van der Waals surface area contributed by atoms with Crippen LogP contribution in [0.2, 0.25) is 0 Å². The standard InChI is InChI=1S/C44H50N4O/c1-10-32-22-33(48-44(27(4)5)42(43(46-48)26(2)3)41-30(8)19-29(7)20-31(41)9)24-35(23-32)49-34-15-16-37-36-13-11-12-14-38(36)47(39(37)25-34)40-21-28(6)17-18-45-40/h11-19,21-27,29,31,41H,10,20H2,1-9H3/t29?,31-,41+/m0/s1. The smallest absolute Gasteiger partial charge is 0.137 e. The Morgan fingerprint density at radius 1 is 0.837 bits per heavy atom. The number of fused-ring (bicyclic) bond motifs is 3. The number of nitrogens with zero attached hydrogens (tertiary/aromatic N) is 4. The molecule has 0 bridgehead atoms. The number of benzene rings is 3. The number of para-hydroxylation sites is 1. The van der Waals surface area contributed by atoms with E-state index in [1.807, 2.05) is 12.3 Å². The highest BCUT2D eigenvalue weighted by Gasteiger charge is 2.35. The van der Waals surface area contributed by atoms with Gasteiger partial charge in [0.15, 0.2) is 0 Å². The molecule has 0 saturated heterocycles. The molecule has 1 aliphatic carbocycles. The molecule has 1 unspecified atom stereocenters. The summed E-state index contributed by atoms with van der Waals surface area (Å²) in [6, 6.07) is 25.8. The quantitative estimate of drug-likeness (QED) is 0.154. The number of aromatic nitrogens is 4. The first-order chi connectivity index (χ1) is 23.5. The normalized spacial score (nSPS) is 18.2. The van der Waals surface area contributed by atoms with Crippen molar-refractivity contribution < 1.29 is 4.74 Å². The van der Waals surface area contributed by atoms with Crippen LogP contribution in [0.4, 0.5) is 0 Å². The van der Waals surface area contributed by atoms with Gasteiger partial charge in [0.05, 0.1) is 28.1 Å². The predicted octanol–water partition coefficient (Wildman–Crippen LogP) is 12.0. The van der Waals surface area contributed by atoms with Crippen LogP contribution >= 0.6 is 0 Å². The Morgan fingerprint density at radius 3 is 2.33 bits per heavy atom. The zero-order valence-electron chi connectivity index (χ0n) is 30.6. The molecular formula is C44H50N4O. The van der Waals surface area contributed by atoms with Gasteiger partial charge in [0.25, 0.3) is 0 Å². The van der Waals surface area contributed by atoms with E-state index in [9.17, 15) is 0 Å². The first-order valence-electron chi connectivity index (χ1n) is 18.1. The summed E-state index contributed by atoms with van der Waals surface area (Å²) < 4.78 is 11.3. The summed E-state index contributed by atoms with van der Waals surface area (Å²) in [5.74, 6) is 4.70. The Kier molecular flexibility index (Phi) is 8.73. The third-order valence-corrected chi connectivity index (χ3v) is 10.4. The molecule has 0 N–H and O–H groups in total. The van der Waals surface area contributed by atoms with E-state index < -0.39 is 0 Å². The molecule has 3 atom stereocenters. The van der Waals surface area contributed by atoms with Crippen molar-refractivity contribution in [2.75, 3.05) is 0 Å². The lowest BCUT2D eigenvalue weighted by Crippen LogP contribution is -2.21.